The number of amides is 2. The average molecular weight is 340 g/mol. The van der Waals surface area contributed by atoms with E-state index in [1.54, 1.807) is 0 Å². The highest BCUT2D eigenvalue weighted by Gasteiger charge is 2.51. The number of carbonyl (C=O) groups is 2. The third-order valence-electron chi connectivity index (χ3n) is 4.73. The van der Waals surface area contributed by atoms with Crippen LogP contribution in [0.1, 0.15) is 24.8 Å². The quantitative estimate of drug-likeness (QED) is 0.826. The van der Waals surface area contributed by atoms with Crippen molar-refractivity contribution in [2.75, 3.05) is 5.32 Å². The predicted octanol–water partition coefficient (Wildman–Crippen LogP) is 2.79. The standard InChI is InChI=1S/C19H17FN2O3/c1-19-10-14(13-4-2-3-5-15(13)25-19)16(18(24)22-19)17(23)21-12-8-6-11(20)7-9-12/h2-9,14,16H,10H2,1H3,(H,21,23)(H,22,24)/t14-,16+,19+/m0/s1. The molecule has 2 heterocycles. The third kappa shape index (κ3) is 2.73. The molecule has 2 aliphatic heterocycles. The molecule has 1 fully saturated rings. The predicted molar refractivity (Wildman–Crippen MR) is 89.5 cm³/mol. The maximum absolute atomic E-state index is 13.0. The average Bonchev–Trinajstić information content (AvgIpc) is 2.56. The van der Waals surface area contributed by atoms with Crippen LogP contribution in [0.15, 0.2) is 48.5 Å². The van der Waals surface area contributed by atoms with E-state index in [-0.39, 0.29) is 17.6 Å². The summed E-state index contributed by atoms with van der Waals surface area (Å²) in [4.78, 5) is 25.4. The van der Waals surface area contributed by atoms with Crippen LogP contribution < -0.4 is 15.4 Å². The minimum absolute atomic E-state index is 0.274. The zero-order valence-corrected chi connectivity index (χ0v) is 13.6. The minimum Gasteiger partial charge on any atom is -0.468 e. The molecule has 0 spiro atoms. The first-order valence-corrected chi connectivity index (χ1v) is 8.12. The van der Waals surface area contributed by atoms with Crippen molar-refractivity contribution in [3.63, 3.8) is 0 Å². The molecular formula is C19H17FN2O3. The van der Waals surface area contributed by atoms with E-state index in [1.165, 1.54) is 24.3 Å². The first-order chi connectivity index (χ1) is 12.0. The lowest BCUT2D eigenvalue weighted by Gasteiger charge is -2.46. The van der Waals surface area contributed by atoms with Crippen LogP contribution in [0.2, 0.25) is 0 Å². The first-order valence-electron chi connectivity index (χ1n) is 8.12. The second-order valence-corrected chi connectivity index (χ2v) is 6.64. The molecule has 25 heavy (non-hydrogen) atoms. The van der Waals surface area contributed by atoms with E-state index in [1.807, 2.05) is 31.2 Å². The summed E-state index contributed by atoms with van der Waals surface area (Å²) in [6, 6.07) is 12.9. The van der Waals surface area contributed by atoms with Gasteiger partial charge in [-0.15, -0.1) is 0 Å². The monoisotopic (exact) mass is 340 g/mol. The van der Waals surface area contributed by atoms with Gasteiger partial charge in [-0.2, -0.15) is 0 Å². The lowest BCUT2D eigenvalue weighted by molar-refractivity contribution is -0.145. The zero-order chi connectivity index (χ0) is 17.6. The SMILES string of the molecule is C[C@]12C[C@@H](c3ccccc3O1)[C@H](C(=O)Nc1ccc(F)cc1)C(=O)N2. The maximum atomic E-state index is 13.0. The van der Waals surface area contributed by atoms with E-state index in [9.17, 15) is 14.0 Å². The molecule has 0 unspecified atom stereocenters. The Hall–Kier alpha value is -2.89. The van der Waals surface area contributed by atoms with Crippen LogP contribution >= 0.6 is 0 Å². The molecule has 5 nitrogen and oxygen atoms in total. The number of halogens is 1. The topological polar surface area (TPSA) is 67.4 Å². The number of benzene rings is 2. The zero-order valence-electron chi connectivity index (χ0n) is 13.6. The van der Waals surface area contributed by atoms with Crippen LogP contribution in [0.3, 0.4) is 0 Å². The molecule has 4 rings (SSSR count). The number of anilines is 1. The molecule has 0 radical (unpaired) electrons. The number of carbonyl (C=O) groups excluding carboxylic acids is 2. The fourth-order valence-corrected chi connectivity index (χ4v) is 3.64. The summed E-state index contributed by atoms with van der Waals surface area (Å²) in [6.07, 6.45) is 0.511. The molecule has 1 saturated heterocycles. The molecular weight excluding hydrogens is 323 g/mol. The molecule has 3 atom stereocenters. The smallest absolute Gasteiger partial charge is 0.237 e. The summed E-state index contributed by atoms with van der Waals surface area (Å²) in [7, 11) is 0. The Labute approximate surface area is 144 Å². The van der Waals surface area contributed by atoms with Gasteiger partial charge in [0.25, 0.3) is 0 Å². The number of fused-ring (bicyclic) bond motifs is 4. The van der Waals surface area contributed by atoms with Gasteiger partial charge < -0.3 is 15.4 Å². The molecule has 2 bridgehead atoms. The first kappa shape index (κ1) is 15.6. The van der Waals surface area contributed by atoms with E-state index in [0.717, 1.165) is 5.56 Å². The number of hydrogen-bond acceptors (Lipinski definition) is 3. The van der Waals surface area contributed by atoms with Gasteiger partial charge in [-0.1, -0.05) is 18.2 Å². The molecule has 2 amide bonds. The summed E-state index contributed by atoms with van der Waals surface area (Å²) in [5, 5.41) is 5.52. The summed E-state index contributed by atoms with van der Waals surface area (Å²) in [5.74, 6) is -1.63. The molecule has 0 saturated carbocycles. The minimum atomic E-state index is -0.872. The summed E-state index contributed by atoms with van der Waals surface area (Å²) >= 11 is 0. The molecule has 2 aromatic carbocycles. The number of nitrogens with one attached hydrogen (secondary N) is 2. The number of hydrogen-bond donors (Lipinski definition) is 2. The van der Waals surface area contributed by atoms with Crippen molar-refractivity contribution < 1.29 is 18.7 Å². The fraction of sp³-hybridized carbons (Fsp3) is 0.263. The summed E-state index contributed by atoms with van der Waals surface area (Å²) in [6.45, 7) is 1.81. The fourth-order valence-electron chi connectivity index (χ4n) is 3.64. The Morgan fingerprint density at radius 3 is 2.72 bits per heavy atom. The van der Waals surface area contributed by atoms with Crippen molar-refractivity contribution >= 4 is 17.5 Å². The Balaban J connectivity index is 1.66. The van der Waals surface area contributed by atoms with Crippen LogP contribution in [-0.2, 0) is 9.59 Å². The van der Waals surface area contributed by atoms with Gasteiger partial charge in [0.2, 0.25) is 11.8 Å². The van der Waals surface area contributed by atoms with Gasteiger partial charge in [-0.3, -0.25) is 9.59 Å². The van der Waals surface area contributed by atoms with Crippen LogP contribution in [-0.4, -0.2) is 17.5 Å². The highest BCUT2D eigenvalue weighted by atomic mass is 19.1. The van der Waals surface area contributed by atoms with Crippen molar-refractivity contribution in [2.24, 2.45) is 5.92 Å². The van der Waals surface area contributed by atoms with Crippen LogP contribution in [0.5, 0.6) is 5.75 Å². The second-order valence-electron chi connectivity index (χ2n) is 6.64. The lowest BCUT2D eigenvalue weighted by atomic mass is 9.74. The van der Waals surface area contributed by atoms with Crippen LogP contribution in [0, 0.1) is 11.7 Å². The molecule has 0 aliphatic carbocycles. The van der Waals surface area contributed by atoms with Gasteiger partial charge in [0.1, 0.15) is 17.5 Å². The van der Waals surface area contributed by atoms with Gasteiger partial charge >= 0.3 is 0 Å². The molecule has 0 aromatic heterocycles. The van der Waals surface area contributed by atoms with E-state index < -0.39 is 17.6 Å². The second kappa shape index (κ2) is 5.58. The Kier molecular flexibility index (Phi) is 3.49. The molecule has 2 aromatic rings. The van der Waals surface area contributed by atoms with Gasteiger partial charge in [0.15, 0.2) is 5.72 Å². The maximum Gasteiger partial charge on any atom is 0.237 e. The summed E-state index contributed by atoms with van der Waals surface area (Å²) < 4.78 is 18.9. The number of piperidine rings is 1. The molecule has 2 N–H and O–H groups in total. The van der Waals surface area contributed by atoms with Crippen LogP contribution in [0.4, 0.5) is 10.1 Å². The van der Waals surface area contributed by atoms with E-state index >= 15 is 0 Å². The van der Waals surface area contributed by atoms with Crippen molar-refractivity contribution in [1.82, 2.24) is 5.32 Å². The largest absolute Gasteiger partial charge is 0.468 e. The highest BCUT2D eigenvalue weighted by molar-refractivity contribution is 6.08. The van der Waals surface area contributed by atoms with Gasteiger partial charge in [0, 0.05) is 18.0 Å². The number of para-hydroxylation sites is 1. The normalized spacial score (nSPS) is 26.9. The van der Waals surface area contributed by atoms with E-state index in [0.29, 0.717) is 17.9 Å². The van der Waals surface area contributed by atoms with Crippen molar-refractivity contribution in [2.45, 2.75) is 25.0 Å². The number of ether oxygens (including phenoxy) is 1. The molecule has 2 aliphatic rings. The van der Waals surface area contributed by atoms with Crippen molar-refractivity contribution in [1.29, 1.82) is 0 Å². The Morgan fingerprint density at radius 2 is 1.96 bits per heavy atom. The van der Waals surface area contributed by atoms with Crippen LogP contribution in [0.25, 0.3) is 0 Å². The van der Waals surface area contributed by atoms with Crippen molar-refractivity contribution in [3.05, 3.63) is 59.9 Å². The third-order valence-corrected chi connectivity index (χ3v) is 4.73. The number of rotatable bonds is 2. The Morgan fingerprint density at radius 1 is 1.24 bits per heavy atom. The van der Waals surface area contributed by atoms with E-state index in [2.05, 4.69) is 10.6 Å². The van der Waals surface area contributed by atoms with Gasteiger partial charge in [-0.25, -0.2) is 4.39 Å². The molecule has 6 heteroatoms. The Bertz CT molecular complexity index is 852. The molecule has 128 valence electrons. The van der Waals surface area contributed by atoms with Gasteiger partial charge in [-0.05, 0) is 42.8 Å². The van der Waals surface area contributed by atoms with Gasteiger partial charge in [0.05, 0.1) is 0 Å². The highest BCUT2D eigenvalue weighted by Crippen LogP contribution is 2.46. The summed E-state index contributed by atoms with van der Waals surface area (Å²) in [5.41, 5.74) is 0.491. The lowest BCUT2D eigenvalue weighted by Crippen LogP contribution is -2.62. The van der Waals surface area contributed by atoms with Crippen molar-refractivity contribution in [3.8, 4) is 5.75 Å². The van der Waals surface area contributed by atoms with E-state index in [4.69, 9.17) is 4.74 Å².